The largest absolute Gasteiger partial charge is 0.573 e. The Bertz CT molecular complexity index is 1010. The fourth-order valence-electron chi connectivity index (χ4n) is 2.96. The Hall–Kier alpha value is -3.04. The van der Waals surface area contributed by atoms with E-state index < -0.39 is 17.7 Å². The third kappa shape index (κ3) is 3.09. The molecule has 0 atom stereocenters. The van der Waals surface area contributed by atoms with Crippen LogP contribution in [0.1, 0.15) is 12.8 Å². The van der Waals surface area contributed by atoms with Gasteiger partial charge in [0.2, 0.25) is 5.95 Å². The molecule has 1 N–H and O–H groups in total. The van der Waals surface area contributed by atoms with Gasteiger partial charge in [-0.05, 0) is 25.0 Å². The van der Waals surface area contributed by atoms with Crippen LogP contribution in [0.25, 0.3) is 16.7 Å². The van der Waals surface area contributed by atoms with Crippen molar-refractivity contribution in [3.63, 3.8) is 0 Å². The first-order chi connectivity index (χ1) is 12.4. The van der Waals surface area contributed by atoms with Gasteiger partial charge < -0.3 is 9.64 Å². The molecule has 1 saturated heterocycles. The smallest absolute Gasteiger partial charge is 0.403 e. The molecule has 3 aromatic rings. The monoisotopic (exact) mass is 365 g/mol. The highest BCUT2D eigenvalue weighted by molar-refractivity contribution is 5.75. The number of rotatable bonds is 3. The van der Waals surface area contributed by atoms with Crippen molar-refractivity contribution in [3.05, 3.63) is 40.8 Å². The van der Waals surface area contributed by atoms with E-state index in [0.717, 1.165) is 25.9 Å². The number of benzene rings is 1. The molecule has 1 aliphatic rings. The van der Waals surface area contributed by atoms with Gasteiger partial charge in [-0.1, -0.05) is 12.1 Å². The second kappa shape index (κ2) is 6.04. The lowest BCUT2D eigenvalue weighted by Gasteiger charge is -2.14. The van der Waals surface area contributed by atoms with Crippen molar-refractivity contribution >= 4 is 17.0 Å². The maximum atomic E-state index is 12.6. The Labute approximate surface area is 145 Å². The number of alkyl halides is 3. The highest BCUT2D eigenvalue weighted by Gasteiger charge is 2.32. The lowest BCUT2D eigenvalue weighted by atomic mass is 10.3. The molecule has 26 heavy (non-hydrogen) atoms. The Morgan fingerprint density at radius 2 is 1.88 bits per heavy atom. The van der Waals surface area contributed by atoms with E-state index in [1.807, 2.05) is 4.90 Å². The van der Waals surface area contributed by atoms with Gasteiger partial charge in [0.1, 0.15) is 11.1 Å². The predicted octanol–water partition coefficient (Wildman–Crippen LogP) is 2.61. The van der Waals surface area contributed by atoms with Gasteiger partial charge in [0.15, 0.2) is 11.4 Å². The number of hydrogen-bond donors (Lipinski definition) is 1. The van der Waals surface area contributed by atoms with Gasteiger partial charge in [0.05, 0.1) is 0 Å². The number of aromatic nitrogens is 4. The third-order valence-corrected chi connectivity index (χ3v) is 4.12. The van der Waals surface area contributed by atoms with Crippen LogP contribution in [-0.4, -0.2) is 39.2 Å². The van der Waals surface area contributed by atoms with Crippen molar-refractivity contribution in [3.8, 4) is 11.4 Å². The van der Waals surface area contributed by atoms with Gasteiger partial charge in [-0.15, -0.1) is 18.3 Å². The Balaban J connectivity index is 1.79. The summed E-state index contributed by atoms with van der Waals surface area (Å²) < 4.78 is 43.0. The van der Waals surface area contributed by atoms with E-state index in [2.05, 4.69) is 19.8 Å². The molecule has 3 heterocycles. The summed E-state index contributed by atoms with van der Waals surface area (Å²) >= 11 is 0. The number of H-pyrrole nitrogens is 1. The van der Waals surface area contributed by atoms with Gasteiger partial charge >= 0.3 is 6.36 Å². The normalized spacial score (nSPS) is 15.0. The van der Waals surface area contributed by atoms with Crippen molar-refractivity contribution < 1.29 is 17.9 Å². The third-order valence-electron chi connectivity index (χ3n) is 4.12. The first kappa shape index (κ1) is 16.4. The number of nitrogens with one attached hydrogen (secondary N) is 1. The molecule has 7 nitrogen and oxygen atoms in total. The molecule has 10 heteroatoms. The number of aromatic amines is 1. The molecule has 0 aliphatic carbocycles. The molecule has 0 saturated carbocycles. The van der Waals surface area contributed by atoms with Crippen molar-refractivity contribution in [1.29, 1.82) is 0 Å². The zero-order valence-electron chi connectivity index (χ0n) is 13.5. The predicted molar refractivity (Wildman–Crippen MR) is 87.6 cm³/mol. The van der Waals surface area contributed by atoms with Crippen molar-refractivity contribution in [2.45, 2.75) is 19.2 Å². The standard InChI is InChI=1S/C16H14F3N5O2/c17-16(18,19)26-12-6-2-1-5-11(12)24-9-10-13(22-24)20-15(21-14(10)25)23-7-3-4-8-23/h1-2,5-6,9H,3-4,7-8H2,(H,20,21,22,25). The number of halogens is 3. The molecule has 1 aromatic carbocycles. The lowest BCUT2D eigenvalue weighted by Crippen LogP contribution is -2.23. The number of nitrogens with zero attached hydrogens (tertiary/aromatic N) is 4. The van der Waals surface area contributed by atoms with E-state index in [1.54, 1.807) is 6.07 Å². The van der Waals surface area contributed by atoms with Gasteiger partial charge in [0.25, 0.3) is 5.56 Å². The average Bonchev–Trinajstić information content (AvgIpc) is 3.23. The Kier molecular flexibility index (Phi) is 3.82. The van der Waals surface area contributed by atoms with Gasteiger partial charge in [0, 0.05) is 19.3 Å². The SMILES string of the molecule is O=c1[nH]c(N2CCCC2)nc2nn(-c3ccccc3OC(F)(F)F)cc12. The minimum atomic E-state index is -4.83. The van der Waals surface area contributed by atoms with Crippen molar-refractivity contribution in [2.75, 3.05) is 18.0 Å². The number of para-hydroxylation sites is 2. The van der Waals surface area contributed by atoms with E-state index in [0.29, 0.717) is 5.95 Å². The zero-order chi connectivity index (χ0) is 18.3. The number of ether oxygens (including phenoxy) is 1. The molecule has 4 rings (SSSR count). The van der Waals surface area contributed by atoms with E-state index in [9.17, 15) is 18.0 Å². The fraction of sp³-hybridized carbons (Fsp3) is 0.312. The first-order valence-electron chi connectivity index (χ1n) is 8.00. The van der Waals surface area contributed by atoms with Crippen molar-refractivity contribution in [1.82, 2.24) is 19.7 Å². The summed E-state index contributed by atoms with van der Waals surface area (Å²) in [5.74, 6) is 0.00841. The minimum absolute atomic E-state index is 0.0601. The summed E-state index contributed by atoms with van der Waals surface area (Å²) in [5.41, 5.74) is -0.167. The molecule has 0 amide bonds. The topological polar surface area (TPSA) is 76.0 Å². The molecule has 0 bridgehead atoms. The Morgan fingerprint density at radius 1 is 1.15 bits per heavy atom. The second-order valence-electron chi connectivity index (χ2n) is 5.91. The van der Waals surface area contributed by atoms with Crippen LogP contribution in [0.5, 0.6) is 5.75 Å². The van der Waals surface area contributed by atoms with E-state index in [1.165, 1.54) is 29.1 Å². The van der Waals surface area contributed by atoms with Crippen LogP contribution in [0.15, 0.2) is 35.3 Å². The number of anilines is 1. The van der Waals surface area contributed by atoms with E-state index in [4.69, 9.17) is 0 Å². The lowest BCUT2D eigenvalue weighted by molar-refractivity contribution is -0.274. The fourth-order valence-corrected chi connectivity index (χ4v) is 2.96. The van der Waals surface area contributed by atoms with Crippen LogP contribution < -0.4 is 15.2 Å². The number of fused-ring (bicyclic) bond motifs is 1. The van der Waals surface area contributed by atoms with Crippen LogP contribution in [0.3, 0.4) is 0 Å². The molecule has 0 spiro atoms. The van der Waals surface area contributed by atoms with Crippen molar-refractivity contribution in [2.24, 2.45) is 0 Å². The minimum Gasteiger partial charge on any atom is -0.403 e. The highest BCUT2D eigenvalue weighted by atomic mass is 19.4. The maximum absolute atomic E-state index is 12.6. The molecule has 0 radical (unpaired) electrons. The van der Waals surface area contributed by atoms with Crippen LogP contribution >= 0.6 is 0 Å². The Morgan fingerprint density at radius 3 is 2.62 bits per heavy atom. The molecule has 1 aliphatic heterocycles. The summed E-state index contributed by atoms with van der Waals surface area (Å²) in [6, 6.07) is 5.58. The molecular formula is C16H14F3N5O2. The molecule has 2 aromatic heterocycles. The molecular weight excluding hydrogens is 351 g/mol. The second-order valence-corrected chi connectivity index (χ2v) is 5.91. The van der Waals surface area contributed by atoms with Crippen LogP contribution in [0.2, 0.25) is 0 Å². The van der Waals surface area contributed by atoms with Gasteiger partial charge in [-0.25, -0.2) is 4.68 Å². The van der Waals surface area contributed by atoms with Crippen LogP contribution in [0, 0.1) is 0 Å². The summed E-state index contributed by atoms with van der Waals surface area (Å²) in [5, 5.41) is 4.37. The van der Waals surface area contributed by atoms with E-state index >= 15 is 0 Å². The average molecular weight is 365 g/mol. The van der Waals surface area contributed by atoms with E-state index in [-0.39, 0.29) is 16.7 Å². The summed E-state index contributed by atoms with van der Waals surface area (Å²) in [6.07, 6.45) is -1.47. The maximum Gasteiger partial charge on any atom is 0.573 e. The highest BCUT2D eigenvalue weighted by Crippen LogP contribution is 2.29. The summed E-state index contributed by atoms with van der Waals surface area (Å²) in [7, 11) is 0. The zero-order valence-corrected chi connectivity index (χ0v) is 13.5. The van der Waals surface area contributed by atoms with Crippen LogP contribution in [-0.2, 0) is 0 Å². The van der Waals surface area contributed by atoms with Gasteiger partial charge in [-0.2, -0.15) is 4.98 Å². The summed E-state index contributed by atoms with van der Waals surface area (Å²) in [6.45, 7) is 1.58. The van der Waals surface area contributed by atoms with Gasteiger partial charge in [-0.3, -0.25) is 9.78 Å². The quantitative estimate of drug-likeness (QED) is 0.772. The number of hydrogen-bond acceptors (Lipinski definition) is 5. The molecule has 0 unspecified atom stereocenters. The molecule has 136 valence electrons. The molecule has 1 fully saturated rings. The van der Waals surface area contributed by atoms with Crippen LogP contribution in [0.4, 0.5) is 19.1 Å². The summed E-state index contributed by atoms with van der Waals surface area (Å²) in [4.78, 5) is 21.3. The first-order valence-corrected chi connectivity index (χ1v) is 8.00.